The maximum absolute atomic E-state index is 12.6. The van der Waals surface area contributed by atoms with Crippen LogP contribution in [0.25, 0.3) is 0 Å². The van der Waals surface area contributed by atoms with E-state index in [1.54, 1.807) is 26.8 Å². The van der Waals surface area contributed by atoms with Gasteiger partial charge in [-0.2, -0.15) is 13.2 Å². The van der Waals surface area contributed by atoms with E-state index in [9.17, 15) is 18.0 Å². The molecule has 3 nitrogen and oxygen atoms in total. The van der Waals surface area contributed by atoms with Crippen molar-refractivity contribution in [1.82, 2.24) is 4.90 Å². The van der Waals surface area contributed by atoms with Crippen molar-refractivity contribution in [2.75, 3.05) is 13.1 Å². The number of aryl methyl sites for hydroxylation is 1. The van der Waals surface area contributed by atoms with Crippen LogP contribution in [0.4, 0.5) is 13.2 Å². The van der Waals surface area contributed by atoms with E-state index in [0.29, 0.717) is 4.88 Å². The number of rotatable bonds is 3. The second-order valence-electron chi connectivity index (χ2n) is 4.77. The fourth-order valence-corrected chi connectivity index (χ4v) is 2.67. The average molecular weight is 318 g/mol. The fraction of sp³-hybridized carbons (Fsp3) is 0.500. The summed E-state index contributed by atoms with van der Waals surface area (Å²) in [6, 6.07) is 1.03. The molecule has 0 saturated heterocycles. The van der Waals surface area contributed by atoms with Crippen molar-refractivity contribution in [3.63, 3.8) is 0 Å². The molecule has 1 rings (SSSR count). The van der Waals surface area contributed by atoms with Crippen LogP contribution in [-0.2, 0) is 0 Å². The quantitative estimate of drug-likeness (QED) is 0.871. The number of nitrogens with two attached hydrogens (primary N) is 1. The second kappa shape index (κ2) is 6.96. The van der Waals surface area contributed by atoms with Gasteiger partial charge >= 0.3 is 6.18 Å². The van der Waals surface area contributed by atoms with Gasteiger partial charge in [0.2, 0.25) is 0 Å². The molecule has 0 aliphatic carbocycles. The molecular weight excluding hydrogens is 301 g/mol. The van der Waals surface area contributed by atoms with Crippen LogP contribution < -0.4 is 5.73 Å². The lowest BCUT2D eigenvalue weighted by atomic mass is 10.2. The van der Waals surface area contributed by atoms with Gasteiger partial charge in [-0.15, -0.1) is 11.3 Å². The summed E-state index contributed by atoms with van der Waals surface area (Å²) >= 11 is 1.09. The van der Waals surface area contributed by atoms with Crippen LogP contribution in [-0.4, -0.2) is 36.1 Å². The SMILES string of the molecule is Cc1cc(C(=O)N(CC(F)(F)F)C(C)C)sc1C#CCN. The number of alkyl halides is 3. The molecule has 1 heterocycles. The minimum absolute atomic E-state index is 0.187. The molecule has 0 fully saturated rings. The third-order valence-corrected chi connectivity index (χ3v) is 3.81. The third-order valence-electron chi connectivity index (χ3n) is 2.67. The lowest BCUT2D eigenvalue weighted by Gasteiger charge is -2.27. The largest absolute Gasteiger partial charge is 0.406 e. The Morgan fingerprint density at radius 1 is 1.48 bits per heavy atom. The van der Waals surface area contributed by atoms with Crippen LogP contribution in [0.5, 0.6) is 0 Å². The van der Waals surface area contributed by atoms with Crippen molar-refractivity contribution in [1.29, 1.82) is 0 Å². The summed E-state index contributed by atoms with van der Waals surface area (Å²) in [4.78, 5) is 14.0. The Kier molecular flexibility index (Phi) is 5.81. The predicted octanol–water partition coefficient (Wildman–Crippen LogP) is 2.78. The van der Waals surface area contributed by atoms with Gasteiger partial charge in [-0.25, -0.2) is 0 Å². The van der Waals surface area contributed by atoms with E-state index in [4.69, 9.17) is 5.73 Å². The Balaban J connectivity index is 3.05. The Hall–Kier alpha value is -1.52. The van der Waals surface area contributed by atoms with Crippen LogP contribution in [0.2, 0.25) is 0 Å². The first-order valence-corrected chi connectivity index (χ1v) is 7.14. The summed E-state index contributed by atoms with van der Waals surface area (Å²) in [5.41, 5.74) is 6.05. The summed E-state index contributed by atoms with van der Waals surface area (Å²) in [6.07, 6.45) is -4.42. The normalized spacial score (nSPS) is 11.2. The van der Waals surface area contributed by atoms with Gasteiger partial charge in [0, 0.05) is 6.04 Å². The van der Waals surface area contributed by atoms with Gasteiger partial charge in [0.1, 0.15) is 6.54 Å². The van der Waals surface area contributed by atoms with Crippen molar-refractivity contribution < 1.29 is 18.0 Å². The number of hydrogen-bond acceptors (Lipinski definition) is 3. The van der Waals surface area contributed by atoms with Gasteiger partial charge in [-0.05, 0) is 32.4 Å². The van der Waals surface area contributed by atoms with E-state index in [1.807, 2.05) is 0 Å². The van der Waals surface area contributed by atoms with Crippen LogP contribution in [0.1, 0.15) is 34.0 Å². The number of carbonyl (C=O) groups is 1. The summed E-state index contributed by atoms with van der Waals surface area (Å²) in [5.74, 6) is 4.86. The predicted molar refractivity (Wildman–Crippen MR) is 77.2 cm³/mol. The molecule has 1 aromatic rings. The minimum atomic E-state index is -4.42. The molecule has 0 radical (unpaired) electrons. The van der Waals surface area contributed by atoms with Crippen LogP contribution in [0, 0.1) is 18.8 Å². The number of carbonyl (C=O) groups excluding carboxylic acids is 1. The van der Waals surface area contributed by atoms with E-state index in [-0.39, 0.29) is 11.4 Å². The molecule has 1 amide bonds. The van der Waals surface area contributed by atoms with Gasteiger partial charge in [-0.1, -0.05) is 11.8 Å². The van der Waals surface area contributed by atoms with E-state index in [1.165, 1.54) is 0 Å². The highest BCUT2D eigenvalue weighted by atomic mass is 32.1. The first-order valence-electron chi connectivity index (χ1n) is 6.32. The maximum atomic E-state index is 12.6. The van der Waals surface area contributed by atoms with E-state index in [0.717, 1.165) is 21.8 Å². The summed E-state index contributed by atoms with van der Waals surface area (Å²) in [5, 5.41) is 0. The van der Waals surface area contributed by atoms with E-state index < -0.39 is 24.7 Å². The molecular formula is C14H17F3N2OS. The van der Waals surface area contributed by atoms with Crippen LogP contribution >= 0.6 is 11.3 Å². The van der Waals surface area contributed by atoms with Crippen LogP contribution in [0.3, 0.4) is 0 Å². The minimum Gasteiger partial charge on any atom is -0.326 e. The van der Waals surface area contributed by atoms with Crippen LogP contribution in [0.15, 0.2) is 6.07 Å². The van der Waals surface area contributed by atoms with Crippen molar-refractivity contribution in [2.24, 2.45) is 5.73 Å². The summed E-state index contributed by atoms with van der Waals surface area (Å²) in [6.45, 7) is 3.80. The first-order chi connectivity index (χ1) is 9.65. The Morgan fingerprint density at radius 2 is 2.10 bits per heavy atom. The number of thiophene rings is 1. The summed E-state index contributed by atoms with van der Waals surface area (Å²) < 4.78 is 37.7. The van der Waals surface area contributed by atoms with Gasteiger partial charge < -0.3 is 10.6 Å². The number of amides is 1. The molecule has 0 atom stereocenters. The molecule has 0 bridgehead atoms. The van der Waals surface area contributed by atoms with E-state index >= 15 is 0 Å². The highest BCUT2D eigenvalue weighted by Crippen LogP contribution is 2.25. The third kappa shape index (κ3) is 5.06. The smallest absolute Gasteiger partial charge is 0.326 e. The van der Waals surface area contributed by atoms with Gasteiger partial charge in [0.15, 0.2) is 0 Å². The molecule has 21 heavy (non-hydrogen) atoms. The molecule has 116 valence electrons. The Bertz CT molecular complexity index is 567. The highest BCUT2D eigenvalue weighted by molar-refractivity contribution is 7.14. The van der Waals surface area contributed by atoms with Gasteiger partial charge in [0.25, 0.3) is 5.91 Å². The van der Waals surface area contributed by atoms with Gasteiger partial charge in [0.05, 0.1) is 16.3 Å². The molecule has 0 spiro atoms. The monoisotopic (exact) mass is 318 g/mol. The lowest BCUT2D eigenvalue weighted by molar-refractivity contribution is -0.143. The highest BCUT2D eigenvalue weighted by Gasteiger charge is 2.35. The summed E-state index contributed by atoms with van der Waals surface area (Å²) in [7, 11) is 0. The number of nitrogens with zero attached hydrogens (tertiary/aromatic N) is 1. The first kappa shape index (κ1) is 17.5. The number of hydrogen-bond donors (Lipinski definition) is 1. The molecule has 0 saturated carbocycles. The zero-order valence-electron chi connectivity index (χ0n) is 12.0. The van der Waals surface area contributed by atoms with Crippen molar-refractivity contribution in [3.8, 4) is 11.8 Å². The molecule has 1 aromatic heterocycles. The molecule has 7 heteroatoms. The fourth-order valence-electron chi connectivity index (χ4n) is 1.67. The lowest BCUT2D eigenvalue weighted by Crippen LogP contribution is -2.43. The molecule has 2 N–H and O–H groups in total. The maximum Gasteiger partial charge on any atom is 0.406 e. The number of halogens is 3. The average Bonchev–Trinajstić information content (AvgIpc) is 2.73. The van der Waals surface area contributed by atoms with Crippen molar-refractivity contribution in [3.05, 3.63) is 21.4 Å². The molecule has 0 aliphatic heterocycles. The Labute approximate surface area is 125 Å². The second-order valence-corrected chi connectivity index (χ2v) is 5.82. The molecule has 0 aliphatic rings. The Morgan fingerprint density at radius 3 is 2.57 bits per heavy atom. The van der Waals surface area contributed by atoms with Gasteiger partial charge in [-0.3, -0.25) is 4.79 Å². The van der Waals surface area contributed by atoms with E-state index in [2.05, 4.69) is 11.8 Å². The standard InChI is InChI=1S/C14H17F3N2OS/c1-9(2)19(8-14(15,16)17)13(20)12-7-10(3)11(21-12)5-4-6-18/h7,9H,6,8,18H2,1-3H3. The molecule has 0 unspecified atom stereocenters. The molecule has 0 aromatic carbocycles. The topological polar surface area (TPSA) is 46.3 Å². The van der Waals surface area contributed by atoms with Crippen molar-refractivity contribution in [2.45, 2.75) is 33.0 Å². The zero-order valence-corrected chi connectivity index (χ0v) is 12.9. The van der Waals surface area contributed by atoms with Crippen molar-refractivity contribution >= 4 is 17.2 Å². The zero-order chi connectivity index (χ0) is 16.2.